The van der Waals surface area contributed by atoms with E-state index in [-0.39, 0.29) is 24.6 Å². The maximum Gasteiger partial charge on any atom is 0.250 e. The summed E-state index contributed by atoms with van der Waals surface area (Å²) in [5.41, 5.74) is 2.61. The second-order valence-electron chi connectivity index (χ2n) is 6.97. The van der Waals surface area contributed by atoms with Crippen LogP contribution in [0.1, 0.15) is 27.5 Å². The van der Waals surface area contributed by atoms with E-state index in [4.69, 9.17) is 17.0 Å². The molecule has 1 aliphatic heterocycles. The Bertz CT molecular complexity index is 1040. The van der Waals surface area contributed by atoms with E-state index in [0.717, 1.165) is 11.4 Å². The Morgan fingerprint density at radius 1 is 1.23 bits per heavy atom. The molecule has 0 radical (unpaired) electrons. The van der Waals surface area contributed by atoms with Crippen molar-refractivity contribution in [3.63, 3.8) is 0 Å². The van der Waals surface area contributed by atoms with Gasteiger partial charge in [-0.3, -0.25) is 9.78 Å². The number of ether oxygens (including phenoxy) is 1. The number of nitrogens with zero attached hydrogens (tertiary/aromatic N) is 2. The van der Waals surface area contributed by atoms with E-state index in [1.54, 1.807) is 17.5 Å². The molecule has 30 heavy (non-hydrogen) atoms. The molecule has 0 unspecified atom stereocenters. The third-order valence-corrected chi connectivity index (χ3v) is 6.24. The molecule has 3 aromatic rings. The number of thiophene rings is 1. The van der Waals surface area contributed by atoms with Gasteiger partial charge in [-0.15, -0.1) is 11.3 Å². The first-order valence-electron chi connectivity index (χ1n) is 9.52. The number of amides is 1. The molecule has 0 saturated carbocycles. The molecule has 1 fully saturated rings. The van der Waals surface area contributed by atoms with Crippen LogP contribution in [0, 0.1) is 6.92 Å². The summed E-state index contributed by atoms with van der Waals surface area (Å²) in [7, 11) is 1.49. The van der Waals surface area contributed by atoms with Crippen LogP contribution in [0.3, 0.4) is 0 Å². The number of methoxy groups -OCH3 is 1. The minimum Gasteiger partial charge on any atom is -0.375 e. The molecule has 2 aromatic heterocycles. The highest BCUT2D eigenvalue weighted by Gasteiger charge is 2.41. The fourth-order valence-corrected chi connectivity index (χ4v) is 4.92. The van der Waals surface area contributed by atoms with Crippen LogP contribution in [0.4, 0.5) is 11.4 Å². The number of aryl methyl sites for hydroxylation is 1. The van der Waals surface area contributed by atoms with Gasteiger partial charge in [-0.1, -0.05) is 6.07 Å². The molecule has 1 saturated heterocycles. The van der Waals surface area contributed by atoms with Crippen LogP contribution in [0.2, 0.25) is 0 Å². The van der Waals surface area contributed by atoms with Crippen molar-refractivity contribution in [1.29, 1.82) is 0 Å². The maximum atomic E-state index is 11.8. The van der Waals surface area contributed by atoms with Gasteiger partial charge in [0.15, 0.2) is 5.11 Å². The van der Waals surface area contributed by atoms with Crippen LogP contribution in [0.5, 0.6) is 0 Å². The van der Waals surface area contributed by atoms with Gasteiger partial charge in [-0.05, 0) is 67.7 Å². The summed E-state index contributed by atoms with van der Waals surface area (Å²) in [5.74, 6) is -0.189. The quantitative estimate of drug-likeness (QED) is 0.562. The molecule has 8 heteroatoms. The number of hydrogen-bond donors (Lipinski definition) is 2. The van der Waals surface area contributed by atoms with E-state index in [0.29, 0.717) is 10.8 Å². The van der Waals surface area contributed by atoms with Gasteiger partial charge in [0.1, 0.15) is 6.61 Å². The number of thiocarbonyl (C=S) groups is 1. The zero-order valence-corrected chi connectivity index (χ0v) is 18.3. The van der Waals surface area contributed by atoms with Gasteiger partial charge in [-0.25, -0.2) is 0 Å². The highest BCUT2D eigenvalue weighted by atomic mass is 32.1. The first-order chi connectivity index (χ1) is 14.6. The molecule has 1 aliphatic rings. The van der Waals surface area contributed by atoms with Crippen molar-refractivity contribution in [2.75, 3.05) is 23.9 Å². The highest BCUT2D eigenvalue weighted by molar-refractivity contribution is 7.80. The lowest BCUT2D eigenvalue weighted by molar-refractivity contribution is -0.119. The first kappa shape index (κ1) is 20.5. The molecule has 1 amide bonds. The fourth-order valence-electron chi connectivity index (χ4n) is 3.57. The molecule has 154 valence electrons. The maximum absolute atomic E-state index is 11.8. The van der Waals surface area contributed by atoms with E-state index >= 15 is 0 Å². The van der Waals surface area contributed by atoms with Gasteiger partial charge in [0.2, 0.25) is 5.91 Å². The van der Waals surface area contributed by atoms with Gasteiger partial charge in [0.05, 0.1) is 17.8 Å². The van der Waals surface area contributed by atoms with Crippen molar-refractivity contribution in [2.45, 2.75) is 19.0 Å². The third-order valence-electron chi connectivity index (χ3n) is 4.86. The smallest absolute Gasteiger partial charge is 0.250 e. The molecule has 6 nitrogen and oxygen atoms in total. The summed E-state index contributed by atoms with van der Waals surface area (Å²) in [6, 6.07) is 17.8. The van der Waals surface area contributed by atoms with Crippen molar-refractivity contribution in [3.8, 4) is 0 Å². The number of rotatable bonds is 6. The molecule has 1 aromatic carbocycles. The van der Waals surface area contributed by atoms with Crippen molar-refractivity contribution in [1.82, 2.24) is 10.3 Å². The lowest BCUT2D eigenvalue weighted by Crippen LogP contribution is -2.29. The van der Waals surface area contributed by atoms with E-state index in [2.05, 4.69) is 39.6 Å². The second kappa shape index (κ2) is 8.91. The Kier molecular flexibility index (Phi) is 6.08. The van der Waals surface area contributed by atoms with Crippen LogP contribution in [-0.2, 0) is 9.53 Å². The summed E-state index contributed by atoms with van der Waals surface area (Å²) >= 11 is 7.49. The van der Waals surface area contributed by atoms with Crippen LogP contribution >= 0.6 is 23.6 Å². The van der Waals surface area contributed by atoms with Crippen molar-refractivity contribution in [3.05, 3.63) is 76.2 Å². The largest absolute Gasteiger partial charge is 0.375 e. The number of carbonyl (C=O) groups is 1. The topological polar surface area (TPSA) is 66.5 Å². The molecule has 2 atom stereocenters. The Hall–Kier alpha value is -2.81. The average molecular weight is 439 g/mol. The zero-order valence-electron chi connectivity index (χ0n) is 16.7. The number of pyridine rings is 1. The van der Waals surface area contributed by atoms with Gasteiger partial charge in [0.25, 0.3) is 0 Å². The van der Waals surface area contributed by atoms with E-state index in [1.807, 2.05) is 42.5 Å². The lowest BCUT2D eigenvalue weighted by Gasteiger charge is -2.27. The number of benzene rings is 1. The molecule has 2 N–H and O–H groups in total. The minimum atomic E-state index is -0.189. The monoisotopic (exact) mass is 438 g/mol. The Morgan fingerprint density at radius 2 is 2.03 bits per heavy atom. The van der Waals surface area contributed by atoms with E-state index in [1.165, 1.54) is 16.9 Å². The summed E-state index contributed by atoms with van der Waals surface area (Å²) in [5, 5.41) is 6.92. The molecule has 0 bridgehead atoms. The van der Waals surface area contributed by atoms with Crippen LogP contribution in [0.15, 0.2) is 60.8 Å². The summed E-state index contributed by atoms with van der Waals surface area (Å²) in [6.07, 6.45) is 1.80. The van der Waals surface area contributed by atoms with E-state index in [9.17, 15) is 4.79 Å². The summed E-state index contributed by atoms with van der Waals surface area (Å²) in [6.45, 7) is 2.12. The lowest BCUT2D eigenvalue weighted by atomic mass is 10.0. The SMILES string of the molecule is COCC(=O)Nc1ccc(N2C(=S)N[C@H](c3ccccn3)[C@@H]2c2ccc(C)s2)cc1. The molecule has 4 rings (SSSR count). The minimum absolute atomic E-state index is 0.0139. The summed E-state index contributed by atoms with van der Waals surface area (Å²) < 4.78 is 4.86. The van der Waals surface area contributed by atoms with Crippen molar-refractivity contribution >= 4 is 45.9 Å². The fraction of sp³-hybridized carbons (Fsp3) is 0.227. The van der Waals surface area contributed by atoms with Crippen LogP contribution in [-0.4, -0.2) is 29.7 Å². The Labute approximate surface area is 184 Å². The second-order valence-corrected chi connectivity index (χ2v) is 8.68. The van der Waals surface area contributed by atoms with Crippen LogP contribution < -0.4 is 15.5 Å². The zero-order chi connectivity index (χ0) is 21.1. The number of nitrogens with one attached hydrogen (secondary N) is 2. The van der Waals surface area contributed by atoms with E-state index < -0.39 is 0 Å². The van der Waals surface area contributed by atoms with Crippen LogP contribution in [0.25, 0.3) is 0 Å². The molecule has 0 aliphatic carbocycles. The molecule has 0 spiro atoms. The normalized spacial score (nSPS) is 18.3. The number of hydrogen-bond acceptors (Lipinski definition) is 5. The third kappa shape index (κ3) is 4.21. The number of carbonyl (C=O) groups excluding carboxylic acids is 1. The van der Waals surface area contributed by atoms with Crippen molar-refractivity contribution < 1.29 is 9.53 Å². The Balaban J connectivity index is 1.67. The first-order valence-corrected chi connectivity index (χ1v) is 10.7. The Morgan fingerprint density at radius 3 is 2.67 bits per heavy atom. The molecular formula is C22H22N4O2S2. The predicted molar refractivity (Wildman–Crippen MR) is 124 cm³/mol. The van der Waals surface area contributed by atoms with Gasteiger partial charge in [0, 0.05) is 34.4 Å². The molecule has 3 heterocycles. The van der Waals surface area contributed by atoms with Gasteiger partial charge < -0.3 is 20.3 Å². The van der Waals surface area contributed by atoms with Gasteiger partial charge in [-0.2, -0.15) is 0 Å². The number of anilines is 2. The van der Waals surface area contributed by atoms with Gasteiger partial charge >= 0.3 is 0 Å². The van der Waals surface area contributed by atoms with Crippen molar-refractivity contribution in [2.24, 2.45) is 0 Å². The summed E-state index contributed by atoms with van der Waals surface area (Å²) in [4.78, 5) is 20.9. The predicted octanol–water partition coefficient (Wildman–Crippen LogP) is 4.21. The highest BCUT2D eigenvalue weighted by Crippen LogP contribution is 2.43. The number of aromatic nitrogens is 1. The average Bonchev–Trinajstić information content (AvgIpc) is 3.32. The molecular weight excluding hydrogens is 416 g/mol. The standard InChI is InChI=1S/C22H22N4O2S2/c1-14-6-11-18(30-14)21-20(17-5-3-4-12-23-17)25-22(29)26(21)16-9-7-15(8-10-16)24-19(27)13-28-2/h3-12,20-21H,13H2,1-2H3,(H,24,27)(H,25,29)/t20-,21+/m1/s1.